The molecule has 90 valence electrons. The van der Waals surface area contributed by atoms with Crippen LogP contribution in [0.25, 0.3) is 0 Å². The van der Waals surface area contributed by atoms with E-state index in [1.54, 1.807) is 11.8 Å². The zero-order chi connectivity index (χ0) is 12.4. The van der Waals surface area contributed by atoms with Crippen LogP contribution in [-0.2, 0) is 13.7 Å². The molecule has 0 radical (unpaired) electrons. The summed E-state index contributed by atoms with van der Waals surface area (Å²) in [7, 11) is 1.92. The fourth-order valence-electron chi connectivity index (χ4n) is 1.52. The highest BCUT2D eigenvalue weighted by Gasteiger charge is 2.06. The molecule has 2 aromatic rings. The zero-order valence-electron chi connectivity index (χ0n) is 9.64. The number of aliphatic hydroxyl groups is 1. The molecule has 1 heterocycles. The molecule has 0 saturated carbocycles. The minimum atomic E-state index is -0.0331. The Morgan fingerprint density at radius 1 is 1.41 bits per heavy atom. The number of hydrogen-bond acceptors (Lipinski definition) is 3. The number of halogens is 1. The summed E-state index contributed by atoms with van der Waals surface area (Å²) < 4.78 is 1.84. The number of aryl methyl sites for hydroxylation is 2. The van der Waals surface area contributed by atoms with Gasteiger partial charge in [-0.15, -0.1) is 0 Å². The van der Waals surface area contributed by atoms with Gasteiger partial charge in [0, 0.05) is 17.0 Å². The quantitative estimate of drug-likeness (QED) is 0.930. The molecule has 2 rings (SSSR count). The highest BCUT2D eigenvalue weighted by molar-refractivity contribution is 7.99. The molecule has 0 aliphatic heterocycles. The standard InChI is InChI=1S/C12H13ClN2OS/c1-8-5-12(15(2)14-8)17-10-4-3-9(7-16)11(13)6-10/h3-6,16H,7H2,1-2H3. The van der Waals surface area contributed by atoms with Gasteiger partial charge in [-0.25, -0.2) is 0 Å². The molecule has 0 spiro atoms. The SMILES string of the molecule is Cc1cc(Sc2ccc(CO)c(Cl)c2)n(C)n1. The Morgan fingerprint density at radius 2 is 2.18 bits per heavy atom. The van der Waals surface area contributed by atoms with Gasteiger partial charge in [-0.2, -0.15) is 5.10 Å². The molecule has 0 aliphatic carbocycles. The highest BCUT2D eigenvalue weighted by atomic mass is 35.5. The molecule has 0 amide bonds. The third kappa shape index (κ3) is 2.83. The van der Waals surface area contributed by atoms with Gasteiger partial charge in [-0.05, 0) is 30.7 Å². The molecule has 1 aromatic carbocycles. The van der Waals surface area contributed by atoms with Crippen LogP contribution in [0.4, 0.5) is 0 Å². The van der Waals surface area contributed by atoms with E-state index < -0.39 is 0 Å². The predicted molar refractivity (Wildman–Crippen MR) is 69.4 cm³/mol. The van der Waals surface area contributed by atoms with Crippen molar-refractivity contribution in [1.29, 1.82) is 0 Å². The first kappa shape index (κ1) is 12.5. The molecule has 0 fully saturated rings. The van der Waals surface area contributed by atoms with Crippen LogP contribution >= 0.6 is 23.4 Å². The van der Waals surface area contributed by atoms with Crippen molar-refractivity contribution in [3.8, 4) is 0 Å². The van der Waals surface area contributed by atoms with E-state index in [-0.39, 0.29) is 6.61 Å². The van der Waals surface area contributed by atoms with E-state index in [1.165, 1.54) is 0 Å². The lowest BCUT2D eigenvalue weighted by molar-refractivity contribution is 0.282. The Labute approximate surface area is 109 Å². The lowest BCUT2D eigenvalue weighted by Crippen LogP contribution is -1.92. The summed E-state index contributed by atoms with van der Waals surface area (Å²) in [5.41, 5.74) is 1.74. The second-order valence-corrected chi connectivity index (χ2v) is 5.26. The van der Waals surface area contributed by atoms with Crippen molar-refractivity contribution in [3.05, 3.63) is 40.5 Å². The van der Waals surface area contributed by atoms with Crippen LogP contribution in [0.2, 0.25) is 5.02 Å². The number of aromatic nitrogens is 2. The Balaban J connectivity index is 2.24. The lowest BCUT2D eigenvalue weighted by atomic mass is 10.2. The number of benzene rings is 1. The average molecular weight is 269 g/mol. The molecule has 3 nitrogen and oxygen atoms in total. The normalized spacial score (nSPS) is 10.8. The molecule has 0 saturated heterocycles. The first-order chi connectivity index (χ1) is 8.10. The van der Waals surface area contributed by atoms with Crippen LogP contribution < -0.4 is 0 Å². The Bertz CT molecular complexity index is 539. The van der Waals surface area contributed by atoms with Gasteiger partial charge < -0.3 is 5.11 Å². The molecular formula is C12H13ClN2OS. The number of nitrogens with zero attached hydrogens (tertiary/aromatic N) is 2. The third-order valence-electron chi connectivity index (χ3n) is 2.38. The minimum Gasteiger partial charge on any atom is -0.392 e. The fourth-order valence-corrected chi connectivity index (χ4v) is 2.78. The summed E-state index contributed by atoms with van der Waals surface area (Å²) in [6.45, 7) is 1.93. The smallest absolute Gasteiger partial charge is 0.0986 e. The highest BCUT2D eigenvalue weighted by Crippen LogP contribution is 2.30. The lowest BCUT2D eigenvalue weighted by Gasteiger charge is -2.05. The summed E-state index contributed by atoms with van der Waals surface area (Å²) >= 11 is 7.65. The van der Waals surface area contributed by atoms with Crippen molar-refractivity contribution in [2.24, 2.45) is 7.05 Å². The summed E-state index contributed by atoms with van der Waals surface area (Å²) in [5, 5.41) is 15.0. The maximum Gasteiger partial charge on any atom is 0.0986 e. The van der Waals surface area contributed by atoms with E-state index in [1.807, 2.05) is 42.9 Å². The molecular weight excluding hydrogens is 256 g/mol. The Morgan fingerprint density at radius 3 is 2.71 bits per heavy atom. The topological polar surface area (TPSA) is 38.0 Å². The van der Waals surface area contributed by atoms with E-state index in [0.717, 1.165) is 21.2 Å². The van der Waals surface area contributed by atoms with E-state index in [0.29, 0.717) is 5.02 Å². The van der Waals surface area contributed by atoms with Crippen molar-refractivity contribution in [2.75, 3.05) is 0 Å². The van der Waals surface area contributed by atoms with E-state index in [9.17, 15) is 0 Å². The first-order valence-corrected chi connectivity index (χ1v) is 6.37. The van der Waals surface area contributed by atoms with Crippen molar-refractivity contribution in [1.82, 2.24) is 9.78 Å². The van der Waals surface area contributed by atoms with Crippen LogP contribution in [0, 0.1) is 6.92 Å². The summed E-state index contributed by atoms with van der Waals surface area (Å²) in [5.74, 6) is 0. The second-order valence-electron chi connectivity index (χ2n) is 3.76. The van der Waals surface area contributed by atoms with Gasteiger partial charge in [0.15, 0.2) is 0 Å². The number of hydrogen-bond donors (Lipinski definition) is 1. The molecule has 0 atom stereocenters. The fraction of sp³-hybridized carbons (Fsp3) is 0.250. The van der Waals surface area contributed by atoms with Gasteiger partial charge in [0.05, 0.1) is 17.3 Å². The van der Waals surface area contributed by atoms with Crippen LogP contribution in [0.3, 0.4) is 0 Å². The Kier molecular flexibility index (Phi) is 3.76. The van der Waals surface area contributed by atoms with Gasteiger partial charge in [-0.1, -0.05) is 29.4 Å². The molecule has 0 bridgehead atoms. The number of aliphatic hydroxyl groups excluding tert-OH is 1. The first-order valence-electron chi connectivity index (χ1n) is 5.18. The maximum atomic E-state index is 9.04. The third-order valence-corrected chi connectivity index (χ3v) is 3.81. The van der Waals surface area contributed by atoms with E-state index >= 15 is 0 Å². The molecule has 0 aliphatic rings. The van der Waals surface area contributed by atoms with Crippen molar-refractivity contribution in [2.45, 2.75) is 23.5 Å². The zero-order valence-corrected chi connectivity index (χ0v) is 11.2. The monoisotopic (exact) mass is 268 g/mol. The van der Waals surface area contributed by atoms with Gasteiger partial charge in [0.2, 0.25) is 0 Å². The van der Waals surface area contributed by atoms with Crippen molar-refractivity contribution < 1.29 is 5.11 Å². The molecule has 17 heavy (non-hydrogen) atoms. The van der Waals surface area contributed by atoms with E-state index in [4.69, 9.17) is 16.7 Å². The van der Waals surface area contributed by atoms with Gasteiger partial charge in [-0.3, -0.25) is 4.68 Å². The van der Waals surface area contributed by atoms with Crippen molar-refractivity contribution in [3.63, 3.8) is 0 Å². The van der Waals surface area contributed by atoms with E-state index in [2.05, 4.69) is 5.10 Å². The van der Waals surface area contributed by atoms with Gasteiger partial charge in [0.25, 0.3) is 0 Å². The van der Waals surface area contributed by atoms with Gasteiger partial charge >= 0.3 is 0 Å². The Hall–Kier alpha value is -0.970. The minimum absolute atomic E-state index is 0.0331. The van der Waals surface area contributed by atoms with Crippen LogP contribution in [-0.4, -0.2) is 14.9 Å². The maximum absolute atomic E-state index is 9.04. The van der Waals surface area contributed by atoms with Crippen LogP contribution in [0.1, 0.15) is 11.3 Å². The largest absolute Gasteiger partial charge is 0.392 e. The molecule has 0 unspecified atom stereocenters. The molecule has 1 N–H and O–H groups in total. The predicted octanol–water partition coefficient (Wildman–Crippen LogP) is 3.03. The molecule has 1 aromatic heterocycles. The van der Waals surface area contributed by atoms with Gasteiger partial charge in [0.1, 0.15) is 0 Å². The second kappa shape index (κ2) is 5.12. The summed E-state index contributed by atoms with van der Waals surface area (Å²) in [6.07, 6.45) is 0. The van der Waals surface area contributed by atoms with Crippen molar-refractivity contribution >= 4 is 23.4 Å². The van der Waals surface area contributed by atoms with Crippen LogP contribution in [0.15, 0.2) is 34.2 Å². The summed E-state index contributed by atoms with van der Waals surface area (Å²) in [6, 6.07) is 7.68. The average Bonchev–Trinajstić information content (AvgIpc) is 2.58. The summed E-state index contributed by atoms with van der Waals surface area (Å²) in [4.78, 5) is 1.04. The number of rotatable bonds is 3. The van der Waals surface area contributed by atoms with Crippen LogP contribution in [0.5, 0.6) is 0 Å². The molecule has 5 heteroatoms.